The second kappa shape index (κ2) is 7.30. The molecule has 0 aromatic carbocycles. The molecule has 0 aliphatic heterocycles. The summed E-state index contributed by atoms with van der Waals surface area (Å²) in [7, 11) is 0. The predicted molar refractivity (Wildman–Crippen MR) is 87.7 cm³/mol. The topological polar surface area (TPSA) is 44.2 Å². The first-order chi connectivity index (χ1) is 13.0. The molecule has 0 aliphatic rings. The van der Waals surface area contributed by atoms with E-state index < -0.39 is 22.9 Å². The minimum atomic E-state index is -4.64. The maximum Gasteiger partial charge on any atom is 0.433 e. The number of halogens is 6. The van der Waals surface area contributed by atoms with Gasteiger partial charge in [0.1, 0.15) is 16.3 Å². The van der Waals surface area contributed by atoms with E-state index in [4.69, 9.17) is 9.47 Å². The monoisotopic (exact) mass is 420 g/mol. The second-order valence-corrected chi connectivity index (χ2v) is 6.56. The van der Waals surface area contributed by atoms with Gasteiger partial charge < -0.3 is 9.47 Å². The Hall–Kier alpha value is -2.82. The van der Waals surface area contributed by atoms with Crippen LogP contribution in [0, 0.1) is 6.92 Å². The van der Waals surface area contributed by atoms with Gasteiger partial charge in [-0.05, 0) is 30.7 Å². The van der Waals surface area contributed by atoms with Crippen molar-refractivity contribution in [1.29, 1.82) is 0 Å². The Labute approximate surface area is 158 Å². The zero-order chi connectivity index (χ0) is 20.5. The highest BCUT2D eigenvalue weighted by Crippen LogP contribution is 2.39. The number of aromatic nitrogens is 2. The maximum absolute atomic E-state index is 12.7. The number of hydrogen-bond acceptors (Lipinski definition) is 5. The van der Waals surface area contributed by atoms with E-state index in [2.05, 4.69) is 9.97 Å². The molecule has 0 bridgehead atoms. The molecule has 3 aromatic rings. The molecule has 0 fully saturated rings. The van der Waals surface area contributed by atoms with Gasteiger partial charge in [-0.2, -0.15) is 31.3 Å². The van der Waals surface area contributed by atoms with E-state index in [9.17, 15) is 26.3 Å². The van der Waals surface area contributed by atoms with E-state index in [1.165, 1.54) is 18.2 Å². The lowest BCUT2D eigenvalue weighted by atomic mass is 10.3. The van der Waals surface area contributed by atoms with Gasteiger partial charge in [-0.3, -0.25) is 4.98 Å². The highest BCUT2D eigenvalue weighted by atomic mass is 32.1. The summed E-state index contributed by atoms with van der Waals surface area (Å²) < 4.78 is 86.8. The molecule has 0 unspecified atom stereocenters. The normalized spacial score (nSPS) is 12.1. The smallest absolute Gasteiger partial charge is 0.433 e. The Morgan fingerprint density at radius 3 is 2.14 bits per heavy atom. The van der Waals surface area contributed by atoms with E-state index >= 15 is 0 Å². The summed E-state index contributed by atoms with van der Waals surface area (Å²) in [6, 6.07) is 6.84. The zero-order valence-corrected chi connectivity index (χ0v) is 14.7. The van der Waals surface area contributed by atoms with Crippen molar-refractivity contribution >= 4 is 11.3 Å². The van der Waals surface area contributed by atoms with Crippen LogP contribution >= 0.6 is 11.3 Å². The van der Waals surface area contributed by atoms with Crippen molar-refractivity contribution in [3.8, 4) is 22.6 Å². The molecule has 0 spiro atoms. The third kappa shape index (κ3) is 4.91. The number of hydrogen-bond donors (Lipinski definition) is 0. The lowest BCUT2D eigenvalue weighted by Gasteiger charge is -2.10. The molecule has 4 nitrogen and oxygen atoms in total. The summed E-state index contributed by atoms with van der Waals surface area (Å²) in [4.78, 5) is 6.36. The van der Waals surface area contributed by atoms with Crippen molar-refractivity contribution in [2.24, 2.45) is 0 Å². The fraction of sp³-hybridized carbons (Fsp3) is 0.176. The summed E-state index contributed by atoms with van der Waals surface area (Å²) in [5, 5.41) is -0.0420. The number of thiophene rings is 1. The summed E-state index contributed by atoms with van der Waals surface area (Å²) in [6.07, 6.45) is -8.18. The van der Waals surface area contributed by atoms with Crippen LogP contribution < -0.4 is 9.47 Å². The van der Waals surface area contributed by atoms with Crippen LogP contribution in [-0.2, 0) is 12.4 Å². The molecule has 0 aliphatic carbocycles. The Morgan fingerprint density at radius 1 is 0.857 bits per heavy atom. The molecule has 3 aromatic heterocycles. The first-order valence-corrected chi connectivity index (χ1v) is 8.37. The third-order valence-corrected chi connectivity index (χ3v) is 4.24. The SMILES string of the molecule is Cc1cc(Oc2ccnc(C(F)(F)F)c2)nc(Oc2ccc(C(F)(F)F)s2)c1. The first-order valence-electron chi connectivity index (χ1n) is 7.55. The van der Waals surface area contributed by atoms with Crippen molar-refractivity contribution in [3.05, 3.63) is 58.7 Å². The molecule has 0 N–H and O–H groups in total. The van der Waals surface area contributed by atoms with Crippen LogP contribution in [0.4, 0.5) is 26.3 Å². The number of pyridine rings is 2. The molecule has 3 rings (SSSR count). The van der Waals surface area contributed by atoms with Crippen molar-refractivity contribution in [2.45, 2.75) is 19.3 Å². The van der Waals surface area contributed by atoms with Gasteiger partial charge in [0.2, 0.25) is 11.8 Å². The van der Waals surface area contributed by atoms with Crippen LogP contribution in [0.3, 0.4) is 0 Å². The van der Waals surface area contributed by atoms with Crippen LogP contribution in [0.15, 0.2) is 42.6 Å². The van der Waals surface area contributed by atoms with Crippen molar-refractivity contribution < 1.29 is 35.8 Å². The quantitative estimate of drug-likeness (QED) is 0.454. The van der Waals surface area contributed by atoms with Gasteiger partial charge in [0.25, 0.3) is 0 Å². The number of nitrogens with zero attached hydrogens (tertiary/aromatic N) is 2. The van der Waals surface area contributed by atoms with Crippen molar-refractivity contribution in [1.82, 2.24) is 9.97 Å². The predicted octanol–water partition coefficient (Wildman–Crippen LogP) is 6.47. The molecular formula is C17H10F6N2O2S. The molecule has 0 saturated carbocycles. The Balaban J connectivity index is 1.81. The van der Waals surface area contributed by atoms with Crippen molar-refractivity contribution in [2.75, 3.05) is 0 Å². The van der Waals surface area contributed by atoms with Crippen LogP contribution in [0.5, 0.6) is 22.6 Å². The molecule has 0 radical (unpaired) electrons. The van der Waals surface area contributed by atoms with Gasteiger partial charge in [-0.25, -0.2) is 0 Å². The number of alkyl halides is 6. The van der Waals surface area contributed by atoms with Crippen LogP contribution in [0.25, 0.3) is 0 Å². The standard InChI is InChI=1S/C17H10F6N2O2S/c1-9-6-13(26-10-4-5-24-11(8-10)16(18,19)20)25-14(7-9)27-15-3-2-12(28-15)17(21,22)23/h2-8H,1H3. The van der Waals surface area contributed by atoms with Crippen LogP contribution in [0.1, 0.15) is 16.1 Å². The minimum absolute atomic E-state index is 0.0420. The van der Waals surface area contributed by atoms with Gasteiger partial charge in [-0.15, -0.1) is 0 Å². The Bertz CT molecular complexity index is 984. The van der Waals surface area contributed by atoms with Crippen LogP contribution in [0.2, 0.25) is 0 Å². The zero-order valence-electron chi connectivity index (χ0n) is 13.9. The van der Waals surface area contributed by atoms with Gasteiger partial charge >= 0.3 is 12.4 Å². The highest BCUT2D eigenvalue weighted by molar-refractivity contribution is 7.13. The number of aryl methyl sites for hydroxylation is 1. The Kier molecular flexibility index (Phi) is 5.20. The average molecular weight is 420 g/mol. The summed E-state index contributed by atoms with van der Waals surface area (Å²) in [5.74, 6) is -0.292. The van der Waals surface area contributed by atoms with Gasteiger partial charge in [-0.1, -0.05) is 11.3 Å². The summed E-state index contributed by atoms with van der Waals surface area (Å²) >= 11 is 0.394. The maximum atomic E-state index is 12.7. The molecule has 0 amide bonds. The van der Waals surface area contributed by atoms with E-state index in [1.54, 1.807) is 6.92 Å². The van der Waals surface area contributed by atoms with Gasteiger partial charge in [0.05, 0.1) is 0 Å². The van der Waals surface area contributed by atoms with E-state index in [0.717, 1.165) is 18.3 Å². The van der Waals surface area contributed by atoms with E-state index in [1.807, 2.05) is 0 Å². The molecule has 28 heavy (non-hydrogen) atoms. The summed E-state index contributed by atoms with van der Waals surface area (Å²) in [5.41, 5.74) is -0.551. The van der Waals surface area contributed by atoms with Crippen LogP contribution in [-0.4, -0.2) is 9.97 Å². The van der Waals surface area contributed by atoms with Crippen molar-refractivity contribution in [3.63, 3.8) is 0 Å². The molecule has 148 valence electrons. The lowest BCUT2D eigenvalue weighted by molar-refractivity contribution is -0.141. The fourth-order valence-corrected chi connectivity index (χ4v) is 2.82. The highest BCUT2D eigenvalue weighted by Gasteiger charge is 2.33. The molecule has 3 heterocycles. The fourth-order valence-electron chi connectivity index (χ4n) is 2.09. The Morgan fingerprint density at radius 2 is 1.54 bits per heavy atom. The molecule has 0 saturated heterocycles. The van der Waals surface area contributed by atoms with E-state index in [0.29, 0.717) is 23.0 Å². The third-order valence-electron chi connectivity index (χ3n) is 3.23. The summed E-state index contributed by atoms with van der Waals surface area (Å²) in [6.45, 7) is 1.64. The average Bonchev–Trinajstić information content (AvgIpc) is 3.02. The second-order valence-electron chi connectivity index (χ2n) is 5.52. The molecule has 0 atom stereocenters. The number of ether oxygens (including phenoxy) is 2. The van der Waals surface area contributed by atoms with Gasteiger partial charge in [0, 0.05) is 24.4 Å². The molecule has 11 heteroatoms. The number of rotatable bonds is 4. The minimum Gasteiger partial charge on any atom is -0.439 e. The lowest BCUT2D eigenvalue weighted by Crippen LogP contribution is -2.07. The largest absolute Gasteiger partial charge is 0.439 e. The van der Waals surface area contributed by atoms with Gasteiger partial charge in [0.15, 0.2) is 5.06 Å². The van der Waals surface area contributed by atoms with E-state index in [-0.39, 0.29) is 22.6 Å². The molecular weight excluding hydrogens is 410 g/mol. The first kappa shape index (κ1) is 19.9.